The van der Waals surface area contributed by atoms with Crippen molar-refractivity contribution in [2.75, 3.05) is 27.3 Å². The predicted octanol–water partition coefficient (Wildman–Crippen LogP) is 0.546. The van der Waals surface area contributed by atoms with Gasteiger partial charge in [0.05, 0.1) is 14.2 Å². The molecule has 1 heterocycles. The number of hydrogen-bond acceptors (Lipinski definition) is 5. The number of hydrogen-bond donors (Lipinski definition) is 2. The fourth-order valence-electron chi connectivity index (χ4n) is 2.61. The van der Waals surface area contributed by atoms with Crippen molar-refractivity contribution in [2.24, 2.45) is 11.8 Å². The summed E-state index contributed by atoms with van der Waals surface area (Å²) in [6.07, 6.45) is 1.23. The summed E-state index contributed by atoms with van der Waals surface area (Å²) in [5.41, 5.74) is 2.71. The lowest BCUT2D eigenvalue weighted by atomic mass is 9.95. The number of piperidine rings is 1. The smallest absolute Gasteiger partial charge is 0.253 e. The van der Waals surface area contributed by atoms with Crippen molar-refractivity contribution in [3.05, 3.63) is 23.8 Å². The van der Waals surface area contributed by atoms with Crippen molar-refractivity contribution in [1.82, 2.24) is 10.3 Å². The van der Waals surface area contributed by atoms with Gasteiger partial charge < -0.3 is 14.4 Å². The lowest BCUT2D eigenvalue weighted by Crippen LogP contribution is -2.44. The molecule has 7 nitrogen and oxygen atoms in total. The Morgan fingerprint density at radius 3 is 2.36 bits per heavy atom. The maximum atomic E-state index is 12.5. The van der Waals surface area contributed by atoms with E-state index in [1.807, 2.05) is 0 Å². The van der Waals surface area contributed by atoms with Crippen LogP contribution in [-0.4, -0.2) is 44.0 Å². The molecule has 1 aliphatic rings. The van der Waals surface area contributed by atoms with Gasteiger partial charge in [0.25, 0.3) is 5.91 Å². The largest absolute Gasteiger partial charge is 0.493 e. The SMILES string of the molecule is COc1ccc(C(=O)N2CCC(C(=O)NN)CC2)cc1OC. The van der Waals surface area contributed by atoms with E-state index in [1.54, 1.807) is 30.2 Å². The molecule has 0 saturated carbocycles. The normalized spacial score (nSPS) is 15.3. The van der Waals surface area contributed by atoms with Gasteiger partial charge in [-0.25, -0.2) is 5.84 Å². The zero-order valence-corrected chi connectivity index (χ0v) is 12.8. The maximum absolute atomic E-state index is 12.5. The average Bonchev–Trinajstić information content (AvgIpc) is 2.59. The first-order valence-corrected chi connectivity index (χ1v) is 7.12. The van der Waals surface area contributed by atoms with Crippen LogP contribution in [0.5, 0.6) is 11.5 Å². The first kappa shape index (κ1) is 16.1. The molecule has 1 fully saturated rings. The number of benzene rings is 1. The topological polar surface area (TPSA) is 93.9 Å². The molecule has 120 valence electrons. The molecule has 0 radical (unpaired) electrons. The van der Waals surface area contributed by atoms with Crippen LogP contribution in [0.1, 0.15) is 23.2 Å². The summed E-state index contributed by atoms with van der Waals surface area (Å²) in [4.78, 5) is 25.8. The molecule has 1 saturated heterocycles. The molecule has 1 aliphatic heterocycles. The van der Waals surface area contributed by atoms with Gasteiger partial charge in [0, 0.05) is 24.6 Å². The number of rotatable bonds is 4. The minimum Gasteiger partial charge on any atom is -0.493 e. The van der Waals surface area contributed by atoms with Crippen LogP contribution in [0.3, 0.4) is 0 Å². The number of amides is 2. The molecule has 22 heavy (non-hydrogen) atoms. The first-order chi connectivity index (χ1) is 10.6. The van der Waals surface area contributed by atoms with Crippen molar-refractivity contribution in [3.8, 4) is 11.5 Å². The highest BCUT2D eigenvalue weighted by atomic mass is 16.5. The number of carbonyl (C=O) groups excluding carboxylic acids is 2. The third kappa shape index (κ3) is 3.30. The summed E-state index contributed by atoms with van der Waals surface area (Å²) in [6.45, 7) is 1.07. The molecule has 0 bridgehead atoms. The molecule has 0 spiro atoms. The van der Waals surface area contributed by atoms with E-state index in [1.165, 1.54) is 7.11 Å². The summed E-state index contributed by atoms with van der Waals surface area (Å²) in [6, 6.07) is 5.09. The predicted molar refractivity (Wildman–Crippen MR) is 80.5 cm³/mol. The number of likely N-dealkylation sites (tertiary alicyclic amines) is 1. The molecule has 1 aromatic rings. The Hall–Kier alpha value is -2.28. The van der Waals surface area contributed by atoms with Gasteiger partial charge in [-0.2, -0.15) is 0 Å². The van der Waals surface area contributed by atoms with Gasteiger partial charge in [-0.3, -0.25) is 15.0 Å². The third-order valence-electron chi connectivity index (χ3n) is 3.93. The highest BCUT2D eigenvalue weighted by molar-refractivity contribution is 5.95. The van der Waals surface area contributed by atoms with Crippen LogP contribution in [0.25, 0.3) is 0 Å². The molecular weight excluding hydrogens is 286 g/mol. The van der Waals surface area contributed by atoms with Gasteiger partial charge in [0.2, 0.25) is 5.91 Å². The number of carbonyl (C=O) groups is 2. The molecule has 2 rings (SSSR count). The molecule has 0 atom stereocenters. The molecule has 2 amide bonds. The van der Waals surface area contributed by atoms with E-state index in [0.29, 0.717) is 43.0 Å². The van der Waals surface area contributed by atoms with Gasteiger partial charge in [0.1, 0.15) is 0 Å². The van der Waals surface area contributed by atoms with E-state index in [0.717, 1.165) is 0 Å². The Morgan fingerprint density at radius 2 is 1.82 bits per heavy atom. The molecule has 1 aromatic carbocycles. The molecule has 0 aromatic heterocycles. The molecule has 0 unspecified atom stereocenters. The number of ether oxygens (including phenoxy) is 2. The van der Waals surface area contributed by atoms with Crippen molar-refractivity contribution in [1.29, 1.82) is 0 Å². The Labute approximate surface area is 129 Å². The highest BCUT2D eigenvalue weighted by Gasteiger charge is 2.27. The van der Waals surface area contributed by atoms with E-state index in [2.05, 4.69) is 5.43 Å². The Kier molecular flexibility index (Phi) is 5.21. The van der Waals surface area contributed by atoms with E-state index in [9.17, 15) is 9.59 Å². The summed E-state index contributed by atoms with van der Waals surface area (Å²) >= 11 is 0. The van der Waals surface area contributed by atoms with E-state index in [4.69, 9.17) is 15.3 Å². The average molecular weight is 307 g/mol. The van der Waals surface area contributed by atoms with Crippen LogP contribution < -0.4 is 20.7 Å². The van der Waals surface area contributed by atoms with Crippen molar-refractivity contribution in [3.63, 3.8) is 0 Å². The Balaban J connectivity index is 2.05. The van der Waals surface area contributed by atoms with Crippen molar-refractivity contribution < 1.29 is 19.1 Å². The van der Waals surface area contributed by atoms with Crippen molar-refractivity contribution >= 4 is 11.8 Å². The van der Waals surface area contributed by atoms with Crippen LogP contribution in [0, 0.1) is 5.92 Å². The van der Waals surface area contributed by atoms with Crippen LogP contribution >= 0.6 is 0 Å². The lowest BCUT2D eigenvalue weighted by Gasteiger charge is -2.31. The van der Waals surface area contributed by atoms with E-state index in [-0.39, 0.29) is 17.7 Å². The van der Waals surface area contributed by atoms with Gasteiger partial charge in [0.15, 0.2) is 11.5 Å². The van der Waals surface area contributed by atoms with Gasteiger partial charge in [-0.05, 0) is 31.0 Å². The quantitative estimate of drug-likeness (QED) is 0.481. The molecular formula is C15H21N3O4. The summed E-state index contributed by atoms with van der Waals surface area (Å²) in [5.74, 6) is 5.87. The van der Waals surface area contributed by atoms with Gasteiger partial charge in [-0.1, -0.05) is 0 Å². The lowest BCUT2D eigenvalue weighted by molar-refractivity contribution is -0.126. The fourth-order valence-corrected chi connectivity index (χ4v) is 2.61. The summed E-state index contributed by atoms with van der Waals surface area (Å²) in [7, 11) is 3.08. The second-order valence-electron chi connectivity index (χ2n) is 5.14. The van der Waals surface area contributed by atoms with Crippen LogP contribution in [0.4, 0.5) is 0 Å². The second kappa shape index (κ2) is 7.13. The number of nitrogens with one attached hydrogen (secondary N) is 1. The number of hydrazine groups is 1. The number of nitrogens with two attached hydrogens (primary N) is 1. The second-order valence-corrected chi connectivity index (χ2v) is 5.14. The fraction of sp³-hybridized carbons (Fsp3) is 0.467. The van der Waals surface area contributed by atoms with E-state index >= 15 is 0 Å². The van der Waals surface area contributed by atoms with Crippen LogP contribution in [0.2, 0.25) is 0 Å². The van der Waals surface area contributed by atoms with Crippen LogP contribution in [-0.2, 0) is 4.79 Å². The van der Waals surface area contributed by atoms with Gasteiger partial charge >= 0.3 is 0 Å². The number of nitrogens with zero attached hydrogens (tertiary/aromatic N) is 1. The standard InChI is InChI=1S/C15H21N3O4/c1-21-12-4-3-11(9-13(12)22-2)15(20)18-7-5-10(6-8-18)14(19)17-16/h3-4,9-10H,5-8,16H2,1-2H3,(H,17,19). The maximum Gasteiger partial charge on any atom is 0.253 e. The van der Waals surface area contributed by atoms with E-state index < -0.39 is 0 Å². The number of methoxy groups -OCH3 is 2. The summed E-state index contributed by atoms with van der Waals surface area (Å²) in [5, 5.41) is 0. The van der Waals surface area contributed by atoms with Crippen molar-refractivity contribution in [2.45, 2.75) is 12.8 Å². The minimum absolute atomic E-state index is 0.0763. The zero-order chi connectivity index (χ0) is 16.1. The Bertz CT molecular complexity index is 554. The molecule has 7 heteroatoms. The Morgan fingerprint density at radius 1 is 1.18 bits per heavy atom. The van der Waals surface area contributed by atoms with Gasteiger partial charge in [-0.15, -0.1) is 0 Å². The zero-order valence-electron chi connectivity index (χ0n) is 12.8. The highest BCUT2D eigenvalue weighted by Crippen LogP contribution is 2.28. The van der Waals surface area contributed by atoms with Crippen LogP contribution in [0.15, 0.2) is 18.2 Å². The summed E-state index contributed by atoms with van der Waals surface area (Å²) < 4.78 is 10.4. The third-order valence-corrected chi connectivity index (χ3v) is 3.93. The minimum atomic E-state index is -0.168. The molecule has 0 aliphatic carbocycles. The molecule has 3 N–H and O–H groups in total. The first-order valence-electron chi connectivity index (χ1n) is 7.12. The monoisotopic (exact) mass is 307 g/mol.